The first-order valence-corrected chi connectivity index (χ1v) is 7.22. The standard InChI is InChI=1S/C16H17ClN2O/c17-13-2-1-8-19-16(13)14(18)5-3-11-4-6-15-12(10-11)7-9-20-15/h1-2,4,6,8,10,14H,3,5,7,9,18H2. The molecule has 20 heavy (non-hydrogen) atoms. The van der Waals surface area contributed by atoms with Crippen molar-refractivity contribution in [3.05, 3.63) is 58.4 Å². The van der Waals surface area contributed by atoms with Gasteiger partial charge in [-0.1, -0.05) is 23.7 Å². The van der Waals surface area contributed by atoms with E-state index < -0.39 is 0 Å². The van der Waals surface area contributed by atoms with Gasteiger partial charge >= 0.3 is 0 Å². The number of nitrogens with two attached hydrogens (primary N) is 1. The number of rotatable bonds is 4. The third kappa shape index (κ3) is 2.79. The second-order valence-electron chi connectivity index (χ2n) is 5.06. The van der Waals surface area contributed by atoms with Crippen LogP contribution in [0, 0.1) is 0 Å². The molecule has 1 aromatic carbocycles. The first-order valence-electron chi connectivity index (χ1n) is 6.84. The number of hydrogen-bond acceptors (Lipinski definition) is 3. The summed E-state index contributed by atoms with van der Waals surface area (Å²) in [5.41, 5.74) is 9.55. The van der Waals surface area contributed by atoms with Crippen LogP contribution in [0.1, 0.15) is 29.3 Å². The summed E-state index contributed by atoms with van der Waals surface area (Å²) in [6.45, 7) is 0.793. The summed E-state index contributed by atoms with van der Waals surface area (Å²) < 4.78 is 5.51. The number of halogens is 1. The predicted molar refractivity (Wildman–Crippen MR) is 80.1 cm³/mol. The minimum absolute atomic E-state index is 0.131. The molecule has 0 radical (unpaired) electrons. The Morgan fingerprint density at radius 1 is 1.35 bits per heavy atom. The van der Waals surface area contributed by atoms with Crippen LogP contribution in [0.15, 0.2) is 36.5 Å². The van der Waals surface area contributed by atoms with Crippen LogP contribution in [0.4, 0.5) is 0 Å². The van der Waals surface area contributed by atoms with E-state index in [4.69, 9.17) is 22.1 Å². The highest BCUT2D eigenvalue weighted by Crippen LogP contribution is 2.27. The number of benzene rings is 1. The summed E-state index contributed by atoms with van der Waals surface area (Å²) in [4.78, 5) is 4.27. The zero-order valence-corrected chi connectivity index (χ0v) is 11.9. The third-order valence-electron chi connectivity index (χ3n) is 3.64. The van der Waals surface area contributed by atoms with E-state index >= 15 is 0 Å². The van der Waals surface area contributed by atoms with Gasteiger partial charge in [0, 0.05) is 18.7 Å². The van der Waals surface area contributed by atoms with Crippen LogP contribution in [0.2, 0.25) is 5.02 Å². The maximum Gasteiger partial charge on any atom is 0.122 e. The summed E-state index contributed by atoms with van der Waals surface area (Å²) in [6, 6.07) is 9.89. The van der Waals surface area contributed by atoms with E-state index in [-0.39, 0.29) is 6.04 Å². The van der Waals surface area contributed by atoms with Crippen LogP contribution >= 0.6 is 11.6 Å². The molecule has 2 heterocycles. The molecule has 1 atom stereocenters. The minimum atomic E-state index is -0.131. The molecule has 0 spiro atoms. The Bertz CT molecular complexity index is 615. The van der Waals surface area contributed by atoms with E-state index in [9.17, 15) is 0 Å². The average molecular weight is 289 g/mol. The maximum atomic E-state index is 6.18. The number of ether oxygens (including phenoxy) is 1. The number of nitrogens with zero attached hydrogens (tertiary/aromatic N) is 1. The molecule has 104 valence electrons. The zero-order valence-electron chi connectivity index (χ0n) is 11.2. The van der Waals surface area contributed by atoms with E-state index in [0.717, 1.165) is 37.3 Å². The maximum absolute atomic E-state index is 6.18. The Kier molecular flexibility index (Phi) is 3.90. The van der Waals surface area contributed by atoms with Crippen LogP contribution in [0.5, 0.6) is 5.75 Å². The van der Waals surface area contributed by atoms with Gasteiger partial charge in [0.25, 0.3) is 0 Å². The molecular weight excluding hydrogens is 272 g/mol. The van der Waals surface area contributed by atoms with Crippen molar-refractivity contribution >= 4 is 11.6 Å². The van der Waals surface area contributed by atoms with E-state index in [1.165, 1.54) is 11.1 Å². The second kappa shape index (κ2) is 5.81. The van der Waals surface area contributed by atoms with Crippen LogP contribution in [-0.2, 0) is 12.8 Å². The average Bonchev–Trinajstić information content (AvgIpc) is 2.92. The highest BCUT2D eigenvalue weighted by atomic mass is 35.5. The number of pyridine rings is 1. The highest BCUT2D eigenvalue weighted by molar-refractivity contribution is 6.31. The van der Waals surface area contributed by atoms with Gasteiger partial charge in [-0.05, 0) is 42.2 Å². The van der Waals surface area contributed by atoms with E-state index in [0.29, 0.717) is 5.02 Å². The molecule has 3 rings (SSSR count). The van der Waals surface area contributed by atoms with Gasteiger partial charge in [-0.25, -0.2) is 0 Å². The molecule has 0 fully saturated rings. The van der Waals surface area contributed by atoms with Gasteiger partial charge in [0.05, 0.1) is 17.3 Å². The number of hydrogen-bond donors (Lipinski definition) is 1. The molecule has 2 N–H and O–H groups in total. The largest absolute Gasteiger partial charge is 0.493 e. The lowest BCUT2D eigenvalue weighted by Gasteiger charge is -2.12. The molecule has 0 saturated carbocycles. The van der Waals surface area contributed by atoms with E-state index in [1.54, 1.807) is 6.20 Å². The Hall–Kier alpha value is -1.58. The van der Waals surface area contributed by atoms with Crippen LogP contribution in [0.25, 0.3) is 0 Å². The summed E-state index contributed by atoms with van der Waals surface area (Å²) in [6.07, 6.45) is 4.48. The molecule has 0 amide bonds. The second-order valence-corrected chi connectivity index (χ2v) is 5.46. The fraction of sp³-hybridized carbons (Fsp3) is 0.312. The van der Waals surface area contributed by atoms with Gasteiger partial charge in [0.15, 0.2) is 0 Å². The molecule has 1 aromatic heterocycles. The summed E-state index contributed by atoms with van der Waals surface area (Å²) in [7, 11) is 0. The summed E-state index contributed by atoms with van der Waals surface area (Å²) in [5, 5.41) is 0.641. The molecule has 4 heteroatoms. The fourth-order valence-corrected chi connectivity index (χ4v) is 2.79. The van der Waals surface area contributed by atoms with Crippen molar-refractivity contribution < 1.29 is 4.74 Å². The zero-order chi connectivity index (χ0) is 13.9. The van der Waals surface area contributed by atoms with Gasteiger partial charge in [-0.15, -0.1) is 0 Å². The first kappa shape index (κ1) is 13.4. The number of aryl methyl sites for hydroxylation is 1. The number of fused-ring (bicyclic) bond motifs is 1. The third-order valence-corrected chi connectivity index (χ3v) is 3.96. The van der Waals surface area contributed by atoms with E-state index in [2.05, 4.69) is 23.2 Å². The fourth-order valence-electron chi connectivity index (χ4n) is 2.53. The van der Waals surface area contributed by atoms with Crippen LogP contribution in [-0.4, -0.2) is 11.6 Å². The Balaban J connectivity index is 1.66. The normalized spacial score (nSPS) is 14.7. The van der Waals surface area contributed by atoms with Crippen LogP contribution in [0.3, 0.4) is 0 Å². The van der Waals surface area contributed by atoms with E-state index in [1.807, 2.05) is 12.1 Å². The summed E-state index contributed by atoms with van der Waals surface area (Å²) >= 11 is 6.12. The molecule has 1 aliphatic rings. The molecule has 0 aliphatic carbocycles. The SMILES string of the molecule is NC(CCc1ccc2c(c1)CCO2)c1ncccc1Cl. The monoisotopic (exact) mass is 288 g/mol. The molecule has 1 aliphatic heterocycles. The Morgan fingerprint density at radius 3 is 3.10 bits per heavy atom. The topological polar surface area (TPSA) is 48.1 Å². The van der Waals surface area contributed by atoms with Crippen molar-refractivity contribution in [2.75, 3.05) is 6.61 Å². The minimum Gasteiger partial charge on any atom is -0.493 e. The molecule has 2 aromatic rings. The van der Waals surface area contributed by atoms with Gasteiger partial charge in [0.2, 0.25) is 0 Å². The van der Waals surface area contributed by atoms with Crippen LogP contribution < -0.4 is 10.5 Å². The first-order chi connectivity index (χ1) is 9.74. The lowest BCUT2D eigenvalue weighted by Crippen LogP contribution is -2.13. The van der Waals surface area contributed by atoms with Gasteiger partial charge in [-0.2, -0.15) is 0 Å². The lowest BCUT2D eigenvalue weighted by atomic mass is 10.0. The van der Waals surface area contributed by atoms with Crippen molar-refractivity contribution in [1.29, 1.82) is 0 Å². The van der Waals surface area contributed by atoms with Gasteiger partial charge < -0.3 is 10.5 Å². The molecule has 1 unspecified atom stereocenters. The Labute approximate surface area is 123 Å². The van der Waals surface area contributed by atoms with Gasteiger partial charge in [-0.3, -0.25) is 4.98 Å². The molecule has 0 bridgehead atoms. The van der Waals surface area contributed by atoms with Crippen molar-refractivity contribution in [3.8, 4) is 5.75 Å². The smallest absolute Gasteiger partial charge is 0.122 e. The van der Waals surface area contributed by atoms with Crippen molar-refractivity contribution in [3.63, 3.8) is 0 Å². The highest BCUT2D eigenvalue weighted by Gasteiger charge is 2.14. The summed E-state index contributed by atoms with van der Waals surface area (Å²) in [5.74, 6) is 1.02. The molecule has 0 saturated heterocycles. The van der Waals surface area contributed by atoms with Crippen molar-refractivity contribution in [2.45, 2.75) is 25.3 Å². The Morgan fingerprint density at radius 2 is 2.25 bits per heavy atom. The lowest BCUT2D eigenvalue weighted by molar-refractivity contribution is 0.357. The van der Waals surface area contributed by atoms with Gasteiger partial charge in [0.1, 0.15) is 5.75 Å². The number of aromatic nitrogens is 1. The quantitative estimate of drug-likeness (QED) is 0.939. The molecule has 3 nitrogen and oxygen atoms in total. The van der Waals surface area contributed by atoms with Crippen molar-refractivity contribution in [1.82, 2.24) is 4.98 Å². The molecular formula is C16H17ClN2O. The van der Waals surface area contributed by atoms with Crippen molar-refractivity contribution in [2.24, 2.45) is 5.73 Å². The predicted octanol–water partition coefficient (Wildman–Crippen LogP) is 3.30.